The van der Waals surface area contributed by atoms with E-state index in [4.69, 9.17) is 4.74 Å². The Morgan fingerprint density at radius 3 is 2.00 bits per heavy atom. The third-order valence-corrected chi connectivity index (χ3v) is 6.21. The van der Waals surface area contributed by atoms with Crippen LogP contribution < -0.4 is 5.32 Å². The van der Waals surface area contributed by atoms with Crippen molar-refractivity contribution in [1.82, 2.24) is 5.32 Å². The Kier molecular flexibility index (Phi) is 4.24. The summed E-state index contributed by atoms with van der Waals surface area (Å²) in [5.74, 6) is 0. The molecule has 3 fully saturated rings. The van der Waals surface area contributed by atoms with E-state index in [0.717, 1.165) is 44.1 Å². The summed E-state index contributed by atoms with van der Waals surface area (Å²) in [5, 5.41) is 3.20. The number of fused-ring (bicyclic) bond motifs is 3. The third kappa shape index (κ3) is 3.28. The second-order valence-electron chi connectivity index (χ2n) is 7.61. The van der Waals surface area contributed by atoms with Gasteiger partial charge in [-0.15, -0.1) is 0 Å². The number of hydrogen-bond donors (Lipinski definition) is 1. The van der Waals surface area contributed by atoms with Gasteiger partial charge in [-0.1, -0.05) is 60.7 Å². The normalized spacial score (nSPS) is 27.7. The first-order chi connectivity index (χ1) is 12.2. The molecule has 0 aromatic heterocycles. The number of benzene rings is 2. The van der Waals surface area contributed by atoms with Crippen molar-refractivity contribution in [2.24, 2.45) is 0 Å². The highest BCUT2D eigenvalue weighted by molar-refractivity contribution is 5.68. The first-order valence-corrected chi connectivity index (χ1v) is 9.24. The third-order valence-electron chi connectivity index (χ3n) is 6.21. The van der Waals surface area contributed by atoms with Crippen molar-refractivity contribution in [1.29, 1.82) is 0 Å². The number of carbonyl (C=O) groups is 1. The number of carbonyl (C=O) groups excluding carboxylic acids is 1. The lowest BCUT2D eigenvalue weighted by molar-refractivity contribution is 0.0630. The van der Waals surface area contributed by atoms with Gasteiger partial charge in [0.15, 0.2) is 0 Å². The maximum absolute atomic E-state index is 12.3. The first-order valence-electron chi connectivity index (χ1n) is 9.24. The predicted octanol–water partition coefficient (Wildman–Crippen LogP) is 4.96. The summed E-state index contributed by atoms with van der Waals surface area (Å²) in [7, 11) is 0. The van der Waals surface area contributed by atoms with Crippen LogP contribution in [0.1, 0.15) is 49.7 Å². The zero-order chi connectivity index (χ0) is 17.2. The summed E-state index contributed by atoms with van der Waals surface area (Å²) < 4.78 is 5.43. The maximum Gasteiger partial charge on any atom is 0.407 e. The van der Waals surface area contributed by atoms with Crippen LogP contribution in [0.2, 0.25) is 0 Å². The highest BCUT2D eigenvalue weighted by Crippen LogP contribution is 2.53. The molecule has 3 saturated carbocycles. The molecule has 0 spiro atoms. The standard InChI is InChI=1S/C22H25NO2/c24-20(25-17-18-7-3-1-4-8-18)23-22-14-11-21(12-15-22,13-16-22)19-9-5-2-6-10-19/h1-10H,11-17H2,(H,23,24). The zero-order valence-electron chi connectivity index (χ0n) is 14.5. The van der Waals surface area contributed by atoms with E-state index in [2.05, 4.69) is 35.6 Å². The largest absolute Gasteiger partial charge is 0.445 e. The molecule has 2 aromatic rings. The van der Waals surface area contributed by atoms with Crippen molar-refractivity contribution >= 4 is 6.09 Å². The summed E-state index contributed by atoms with van der Waals surface area (Å²) in [6, 6.07) is 20.7. The van der Waals surface area contributed by atoms with Gasteiger partial charge in [-0.3, -0.25) is 0 Å². The lowest BCUT2D eigenvalue weighted by atomic mass is 9.55. The van der Waals surface area contributed by atoms with Crippen molar-refractivity contribution in [2.75, 3.05) is 0 Å². The molecule has 0 heterocycles. The van der Waals surface area contributed by atoms with Crippen molar-refractivity contribution < 1.29 is 9.53 Å². The molecule has 0 aliphatic heterocycles. The summed E-state index contributed by atoms with van der Waals surface area (Å²) in [4.78, 5) is 12.3. The SMILES string of the molecule is O=C(NC12CCC(c3ccccc3)(CC1)CC2)OCc1ccccc1. The van der Waals surface area contributed by atoms with Crippen molar-refractivity contribution in [2.45, 2.75) is 56.1 Å². The molecule has 5 rings (SSSR count). The molecule has 3 heteroatoms. The summed E-state index contributed by atoms with van der Waals surface area (Å²) >= 11 is 0. The molecular weight excluding hydrogens is 310 g/mol. The first kappa shape index (κ1) is 16.2. The van der Waals surface area contributed by atoms with Crippen molar-refractivity contribution in [3.8, 4) is 0 Å². The fraction of sp³-hybridized carbons (Fsp3) is 0.409. The molecular formula is C22H25NO2. The smallest absolute Gasteiger partial charge is 0.407 e. The van der Waals surface area contributed by atoms with E-state index < -0.39 is 0 Å². The topological polar surface area (TPSA) is 38.3 Å². The molecule has 3 nitrogen and oxygen atoms in total. The van der Waals surface area contributed by atoms with E-state index in [1.54, 1.807) is 0 Å². The zero-order valence-corrected chi connectivity index (χ0v) is 14.5. The fourth-order valence-corrected chi connectivity index (χ4v) is 4.57. The van der Waals surface area contributed by atoms with Gasteiger partial charge in [0.05, 0.1) is 0 Å². The molecule has 3 aliphatic carbocycles. The molecule has 2 aromatic carbocycles. The monoisotopic (exact) mass is 335 g/mol. The molecule has 0 radical (unpaired) electrons. The van der Waals surface area contributed by atoms with Gasteiger partial charge >= 0.3 is 6.09 Å². The van der Waals surface area contributed by atoms with Crippen LogP contribution in [0.4, 0.5) is 4.79 Å². The van der Waals surface area contributed by atoms with Crippen LogP contribution in [0.3, 0.4) is 0 Å². The van der Waals surface area contributed by atoms with Gasteiger partial charge in [-0.25, -0.2) is 4.79 Å². The van der Waals surface area contributed by atoms with Crippen molar-refractivity contribution in [3.63, 3.8) is 0 Å². The lowest BCUT2D eigenvalue weighted by Gasteiger charge is -2.53. The molecule has 0 saturated heterocycles. The van der Waals surface area contributed by atoms with E-state index in [1.807, 2.05) is 30.3 Å². The Morgan fingerprint density at radius 1 is 0.840 bits per heavy atom. The van der Waals surface area contributed by atoms with E-state index in [9.17, 15) is 4.79 Å². The molecule has 25 heavy (non-hydrogen) atoms. The molecule has 130 valence electrons. The van der Waals surface area contributed by atoms with E-state index in [0.29, 0.717) is 12.0 Å². The van der Waals surface area contributed by atoms with Gasteiger partial charge in [0.25, 0.3) is 0 Å². The van der Waals surface area contributed by atoms with Crippen molar-refractivity contribution in [3.05, 3.63) is 71.8 Å². The number of ether oxygens (including phenoxy) is 1. The van der Waals surface area contributed by atoms with Crippen LogP contribution in [0.25, 0.3) is 0 Å². The van der Waals surface area contributed by atoms with Crippen LogP contribution in [-0.2, 0) is 16.8 Å². The van der Waals surface area contributed by atoms with Gasteiger partial charge in [0.1, 0.15) is 6.61 Å². The van der Waals surface area contributed by atoms with E-state index >= 15 is 0 Å². The Balaban J connectivity index is 1.35. The predicted molar refractivity (Wildman–Crippen MR) is 98.3 cm³/mol. The Morgan fingerprint density at radius 2 is 1.40 bits per heavy atom. The molecule has 1 amide bonds. The van der Waals surface area contributed by atoms with Crippen LogP contribution in [0.5, 0.6) is 0 Å². The number of hydrogen-bond acceptors (Lipinski definition) is 2. The minimum Gasteiger partial charge on any atom is -0.445 e. The Labute approximate surface area is 149 Å². The molecule has 1 N–H and O–H groups in total. The van der Waals surface area contributed by atoms with Crippen LogP contribution in [0, 0.1) is 0 Å². The molecule has 2 bridgehead atoms. The van der Waals surface area contributed by atoms with Gasteiger partial charge in [-0.2, -0.15) is 0 Å². The molecule has 0 atom stereocenters. The van der Waals surface area contributed by atoms with Gasteiger partial charge < -0.3 is 10.1 Å². The fourth-order valence-electron chi connectivity index (χ4n) is 4.57. The quantitative estimate of drug-likeness (QED) is 0.858. The Bertz CT molecular complexity index is 702. The highest BCUT2D eigenvalue weighted by Gasteiger charge is 2.50. The highest BCUT2D eigenvalue weighted by atomic mass is 16.5. The number of amides is 1. The second-order valence-corrected chi connectivity index (χ2v) is 7.61. The summed E-state index contributed by atoms with van der Waals surface area (Å²) in [6.07, 6.45) is 6.30. The molecule has 3 aliphatic rings. The van der Waals surface area contributed by atoms with E-state index in [-0.39, 0.29) is 11.6 Å². The number of nitrogens with one attached hydrogen (secondary N) is 1. The number of rotatable bonds is 4. The van der Waals surface area contributed by atoms with Crippen LogP contribution in [-0.4, -0.2) is 11.6 Å². The lowest BCUT2D eigenvalue weighted by Crippen LogP contribution is -2.57. The van der Waals surface area contributed by atoms with Gasteiger partial charge in [0.2, 0.25) is 0 Å². The van der Waals surface area contributed by atoms with Gasteiger partial charge in [-0.05, 0) is 55.1 Å². The van der Waals surface area contributed by atoms with Crippen LogP contribution >= 0.6 is 0 Å². The minimum atomic E-state index is -0.280. The molecule has 0 unspecified atom stereocenters. The number of alkyl carbamates (subject to hydrolysis) is 1. The Hall–Kier alpha value is -2.29. The average molecular weight is 335 g/mol. The second kappa shape index (κ2) is 6.55. The summed E-state index contributed by atoms with van der Waals surface area (Å²) in [6.45, 7) is 0.330. The van der Waals surface area contributed by atoms with E-state index in [1.165, 1.54) is 5.56 Å². The van der Waals surface area contributed by atoms with Gasteiger partial charge in [0, 0.05) is 5.54 Å². The maximum atomic E-state index is 12.3. The summed E-state index contributed by atoms with van der Waals surface area (Å²) in [5.41, 5.74) is 2.74. The average Bonchev–Trinajstić information content (AvgIpc) is 2.69. The van der Waals surface area contributed by atoms with Crippen LogP contribution in [0.15, 0.2) is 60.7 Å². The minimum absolute atomic E-state index is 0.0652.